The number of nitrogens with zero attached hydrogens (tertiary/aromatic N) is 2. The normalized spacial score (nSPS) is 9.94. The van der Waals surface area contributed by atoms with Crippen molar-refractivity contribution in [1.29, 1.82) is 0 Å². The average molecular weight is 256 g/mol. The fourth-order valence-electron chi connectivity index (χ4n) is 1.23. The van der Waals surface area contributed by atoms with Gasteiger partial charge in [0.15, 0.2) is 0 Å². The van der Waals surface area contributed by atoms with E-state index in [0.717, 1.165) is 4.90 Å². The molecule has 0 aliphatic heterocycles. The molecule has 0 bridgehead atoms. The molecule has 0 fully saturated rings. The molecule has 2 amide bonds. The predicted molar refractivity (Wildman–Crippen MR) is 67.2 cm³/mol. The van der Waals surface area contributed by atoms with E-state index in [-0.39, 0.29) is 12.6 Å². The minimum atomic E-state index is -1.09. The molecule has 0 aromatic heterocycles. The summed E-state index contributed by atoms with van der Waals surface area (Å²) in [6.45, 7) is 4.15. The standard InChI is InChI=1S/C12H20N2O4/c1-5-6-14(9-11(15)16)12(17)13(4)7-8-18-10(2)3/h1,10H,6-9H2,2-4H3,(H,15,16). The number of rotatable bonds is 7. The number of amides is 2. The number of hydrogen-bond donors (Lipinski definition) is 1. The van der Waals surface area contributed by atoms with E-state index in [1.807, 2.05) is 13.8 Å². The van der Waals surface area contributed by atoms with Gasteiger partial charge in [-0.3, -0.25) is 4.79 Å². The van der Waals surface area contributed by atoms with Crippen LogP contribution in [0.1, 0.15) is 13.8 Å². The van der Waals surface area contributed by atoms with E-state index in [1.54, 1.807) is 7.05 Å². The first-order valence-electron chi connectivity index (χ1n) is 5.65. The SMILES string of the molecule is C#CCN(CC(=O)O)C(=O)N(C)CCOC(C)C. The Bertz CT molecular complexity index is 323. The molecule has 6 heteroatoms. The van der Waals surface area contributed by atoms with Gasteiger partial charge in [-0.2, -0.15) is 0 Å². The number of carboxylic acid groups (broad SMARTS) is 1. The van der Waals surface area contributed by atoms with Crippen LogP contribution >= 0.6 is 0 Å². The second-order valence-electron chi connectivity index (χ2n) is 4.08. The summed E-state index contributed by atoms with van der Waals surface area (Å²) in [5, 5.41) is 8.68. The van der Waals surface area contributed by atoms with Crippen LogP contribution in [-0.2, 0) is 9.53 Å². The molecule has 0 heterocycles. The Hall–Kier alpha value is -1.74. The molecule has 0 atom stereocenters. The van der Waals surface area contributed by atoms with Crippen LogP contribution in [-0.4, -0.2) is 66.3 Å². The summed E-state index contributed by atoms with van der Waals surface area (Å²) in [7, 11) is 1.58. The molecule has 102 valence electrons. The summed E-state index contributed by atoms with van der Waals surface area (Å²) in [5.74, 6) is 1.17. The molecule has 0 spiro atoms. The maximum atomic E-state index is 11.9. The average Bonchev–Trinajstić information content (AvgIpc) is 2.26. The van der Waals surface area contributed by atoms with Gasteiger partial charge in [0.2, 0.25) is 0 Å². The van der Waals surface area contributed by atoms with Gasteiger partial charge in [-0.05, 0) is 13.8 Å². The fraction of sp³-hybridized carbons (Fsp3) is 0.667. The van der Waals surface area contributed by atoms with Crippen LogP contribution in [0.3, 0.4) is 0 Å². The minimum Gasteiger partial charge on any atom is -0.480 e. The van der Waals surface area contributed by atoms with Crippen molar-refractivity contribution in [2.24, 2.45) is 0 Å². The molecule has 0 radical (unpaired) electrons. The van der Waals surface area contributed by atoms with E-state index < -0.39 is 18.5 Å². The summed E-state index contributed by atoms with van der Waals surface area (Å²) in [5.41, 5.74) is 0. The topological polar surface area (TPSA) is 70.1 Å². The van der Waals surface area contributed by atoms with Gasteiger partial charge in [-0.1, -0.05) is 5.92 Å². The maximum absolute atomic E-state index is 11.9. The highest BCUT2D eigenvalue weighted by Crippen LogP contribution is 1.98. The first-order valence-corrected chi connectivity index (χ1v) is 5.65. The third-order valence-corrected chi connectivity index (χ3v) is 2.08. The highest BCUT2D eigenvalue weighted by atomic mass is 16.5. The van der Waals surface area contributed by atoms with Gasteiger partial charge >= 0.3 is 12.0 Å². The van der Waals surface area contributed by atoms with Crippen molar-refractivity contribution in [3.63, 3.8) is 0 Å². The van der Waals surface area contributed by atoms with Crippen molar-refractivity contribution in [1.82, 2.24) is 9.80 Å². The fourth-order valence-corrected chi connectivity index (χ4v) is 1.23. The van der Waals surface area contributed by atoms with Crippen LogP contribution in [0.2, 0.25) is 0 Å². The van der Waals surface area contributed by atoms with Crippen molar-refractivity contribution in [3.05, 3.63) is 0 Å². The number of carboxylic acids is 1. The first-order chi connectivity index (χ1) is 8.38. The van der Waals surface area contributed by atoms with E-state index in [0.29, 0.717) is 13.2 Å². The first kappa shape index (κ1) is 16.3. The molecule has 0 rings (SSSR count). The number of aliphatic carboxylic acids is 1. The van der Waals surface area contributed by atoms with Gasteiger partial charge in [0.05, 0.1) is 19.3 Å². The van der Waals surface area contributed by atoms with Crippen LogP contribution in [0.15, 0.2) is 0 Å². The third-order valence-electron chi connectivity index (χ3n) is 2.08. The van der Waals surface area contributed by atoms with E-state index in [2.05, 4.69) is 5.92 Å². The van der Waals surface area contributed by atoms with Crippen LogP contribution < -0.4 is 0 Å². The largest absolute Gasteiger partial charge is 0.480 e. The summed E-state index contributed by atoms with van der Waals surface area (Å²) in [4.78, 5) is 25.0. The van der Waals surface area contributed by atoms with Crippen LogP contribution in [0.5, 0.6) is 0 Å². The summed E-state index contributed by atoms with van der Waals surface area (Å²) in [6.07, 6.45) is 5.19. The Kier molecular flexibility index (Phi) is 7.56. The van der Waals surface area contributed by atoms with E-state index in [4.69, 9.17) is 16.3 Å². The number of hydrogen-bond acceptors (Lipinski definition) is 3. The number of urea groups is 1. The summed E-state index contributed by atoms with van der Waals surface area (Å²) >= 11 is 0. The Morgan fingerprint density at radius 3 is 2.50 bits per heavy atom. The molecule has 0 aromatic carbocycles. The minimum absolute atomic E-state index is 0.0273. The van der Waals surface area contributed by atoms with Crippen molar-refractivity contribution in [2.75, 3.05) is 33.3 Å². The van der Waals surface area contributed by atoms with Gasteiger partial charge in [0.25, 0.3) is 0 Å². The van der Waals surface area contributed by atoms with E-state index in [9.17, 15) is 9.59 Å². The van der Waals surface area contributed by atoms with Crippen LogP contribution in [0.25, 0.3) is 0 Å². The van der Waals surface area contributed by atoms with Crippen molar-refractivity contribution >= 4 is 12.0 Å². The number of ether oxygens (including phenoxy) is 1. The second-order valence-corrected chi connectivity index (χ2v) is 4.08. The lowest BCUT2D eigenvalue weighted by molar-refractivity contribution is -0.137. The number of carbonyl (C=O) groups is 2. The molecule has 0 aliphatic rings. The van der Waals surface area contributed by atoms with E-state index >= 15 is 0 Å². The maximum Gasteiger partial charge on any atom is 0.323 e. The quantitative estimate of drug-likeness (QED) is 0.673. The van der Waals surface area contributed by atoms with Crippen molar-refractivity contribution in [2.45, 2.75) is 20.0 Å². The zero-order valence-electron chi connectivity index (χ0n) is 11.0. The van der Waals surface area contributed by atoms with Crippen molar-refractivity contribution < 1.29 is 19.4 Å². The van der Waals surface area contributed by atoms with Crippen LogP contribution in [0, 0.1) is 12.3 Å². The lowest BCUT2D eigenvalue weighted by Gasteiger charge is -2.25. The van der Waals surface area contributed by atoms with Gasteiger partial charge in [0, 0.05) is 13.6 Å². The smallest absolute Gasteiger partial charge is 0.323 e. The van der Waals surface area contributed by atoms with Gasteiger partial charge in [-0.15, -0.1) is 6.42 Å². The molecule has 0 saturated heterocycles. The zero-order chi connectivity index (χ0) is 14.1. The number of likely N-dealkylation sites (N-methyl/N-ethyl adjacent to an activating group) is 1. The second kappa shape index (κ2) is 8.37. The van der Waals surface area contributed by atoms with E-state index in [1.165, 1.54) is 4.90 Å². The Balaban J connectivity index is 4.29. The molecule has 18 heavy (non-hydrogen) atoms. The zero-order valence-corrected chi connectivity index (χ0v) is 11.0. The molecular weight excluding hydrogens is 236 g/mol. The number of carbonyl (C=O) groups excluding carboxylic acids is 1. The lowest BCUT2D eigenvalue weighted by atomic mass is 10.4. The number of terminal acetylenes is 1. The summed E-state index contributed by atoms with van der Waals surface area (Å²) in [6, 6.07) is -0.414. The molecule has 0 aliphatic carbocycles. The predicted octanol–water partition coefficient (Wildman–Crippen LogP) is 0.483. The molecule has 6 nitrogen and oxygen atoms in total. The van der Waals surface area contributed by atoms with Crippen LogP contribution in [0.4, 0.5) is 4.79 Å². The third kappa shape index (κ3) is 6.76. The van der Waals surface area contributed by atoms with Gasteiger partial charge < -0.3 is 19.6 Å². The molecule has 0 aromatic rings. The van der Waals surface area contributed by atoms with Crippen molar-refractivity contribution in [3.8, 4) is 12.3 Å². The Morgan fingerprint density at radius 2 is 2.06 bits per heavy atom. The molecule has 0 unspecified atom stereocenters. The molecular formula is C12H20N2O4. The monoisotopic (exact) mass is 256 g/mol. The highest BCUT2D eigenvalue weighted by molar-refractivity contribution is 5.80. The molecule has 1 N–H and O–H groups in total. The Morgan fingerprint density at radius 1 is 1.44 bits per heavy atom. The Labute approximate surface area is 108 Å². The molecule has 0 saturated carbocycles. The van der Waals surface area contributed by atoms with Gasteiger partial charge in [0.1, 0.15) is 6.54 Å². The lowest BCUT2D eigenvalue weighted by Crippen LogP contribution is -2.45. The summed E-state index contributed by atoms with van der Waals surface area (Å²) < 4.78 is 5.31. The van der Waals surface area contributed by atoms with Gasteiger partial charge in [-0.25, -0.2) is 4.79 Å². The highest BCUT2D eigenvalue weighted by Gasteiger charge is 2.19.